The van der Waals surface area contributed by atoms with Crippen LogP contribution < -0.4 is 10.6 Å². The first-order valence-electron chi connectivity index (χ1n) is 7.30. The fraction of sp³-hybridized carbons (Fsp3) is 0.929. The van der Waals surface area contributed by atoms with Crippen molar-refractivity contribution in [2.45, 2.75) is 45.1 Å². The van der Waals surface area contributed by atoms with Gasteiger partial charge in [-0.25, -0.2) is 0 Å². The number of rotatable bonds is 4. The molecule has 0 bridgehead atoms. The van der Waals surface area contributed by atoms with E-state index >= 15 is 0 Å². The number of carbonyl (C=O) groups is 1. The van der Waals surface area contributed by atoms with Gasteiger partial charge in [0.25, 0.3) is 0 Å². The first kappa shape index (κ1) is 13.8. The van der Waals surface area contributed by atoms with Crippen LogP contribution in [0.25, 0.3) is 0 Å². The minimum absolute atomic E-state index is 0.160. The molecule has 4 atom stereocenters. The van der Waals surface area contributed by atoms with E-state index in [1.54, 1.807) is 0 Å². The van der Waals surface area contributed by atoms with Crippen molar-refractivity contribution in [3.63, 3.8) is 0 Å². The van der Waals surface area contributed by atoms with Crippen molar-refractivity contribution in [1.82, 2.24) is 10.6 Å². The lowest BCUT2D eigenvalue weighted by molar-refractivity contribution is -0.122. The Kier molecular flexibility index (Phi) is 5.01. The van der Waals surface area contributed by atoms with E-state index in [0.717, 1.165) is 12.5 Å². The van der Waals surface area contributed by atoms with Crippen LogP contribution in [0.3, 0.4) is 0 Å². The van der Waals surface area contributed by atoms with Gasteiger partial charge in [-0.1, -0.05) is 19.8 Å². The Morgan fingerprint density at radius 1 is 1.39 bits per heavy atom. The number of aliphatic hydroxyl groups excluding tert-OH is 1. The van der Waals surface area contributed by atoms with Crippen LogP contribution in [-0.4, -0.2) is 36.8 Å². The summed E-state index contributed by atoms with van der Waals surface area (Å²) in [6.07, 6.45) is 5.34. The van der Waals surface area contributed by atoms with E-state index in [1.807, 2.05) is 0 Å². The van der Waals surface area contributed by atoms with Crippen molar-refractivity contribution >= 4 is 5.91 Å². The summed E-state index contributed by atoms with van der Waals surface area (Å²) in [5, 5.41) is 15.8. The van der Waals surface area contributed by atoms with Crippen LogP contribution in [0.15, 0.2) is 0 Å². The number of aliphatic hydroxyl groups is 1. The van der Waals surface area contributed by atoms with E-state index in [4.69, 9.17) is 0 Å². The Bertz CT molecular complexity index is 283. The average Bonchev–Trinajstić information content (AvgIpc) is 2.72. The minimum atomic E-state index is -0.306. The first-order chi connectivity index (χ1) is 8.65. The largest absolute Gasteiger partial charge is 0.391 e. The van der Waals surface area contributed by atoms with Gasteiger partial charge in [0.2, 0.25) is 5.91 Å². The van der Waals surface area contributed by atoms with Gasteiger partial charge < -0.3 is 15.7 Å². The van der Waals surface area contributed by atoms with Crippen molar-refractivity contribution in [2.24, 2.45) is 17.8 Å². The summed E-state index contributed by atoms with van der Waals surface area (Å²) in [4.78, 5) is 11.9. The standard InChI is InChI=1S/C14H26N2O2/c1-10-3-2-4-11(5-10)6-14(18)16-8-12-7-15-9-13(12)17/h10-13,15,17H,2-9H2,1H3,(H,16,18). The van der Waals surface area contributed by atoms with Crippen LogP contribution in [0.5, 0.6) is 0 Å². The van der Waals surface area contributed by atoms with Gasteiger partial charge in [-0.15, -0.1) is 0 Å². The van der Waals surface area contributed by atoms with Crippen LogP contribution >= 0.6 is 0 Å². The molecule has 0 aromatic heterocycles. The van der Waals surface area contributed by atoms with E-state index in [0.29, 0.717) is 25.4 Å². The third-order valence-electron chi connectivity index (χ3n) is 4.38. The van der Waals surface area contributed by atoms with E-state index < -0.39 is 0 Å². The number of amides is 1. The lowest BCUT2D eigenvalue weighted by atomic mass is 9.81. The van der Waals surface area contributed by atoms with Crippen LogP contribution in [0, 0.1) is 17.8 Å². The second kappa shape index (κ2) is 6.53. The van der Waals surface area contributed by atoms with Crippen LogP contribution in [0.1, 0.15) is 39.0 Å². The van der Waals surface area contributed by atoms with Gasteiger partial charge in [-0.3, -0.25) is 4.79 Å². The van der Waals surface area contributed by atoms with Crippen molar-refractivity contribution in [3.8, 4) is 0 Å². The fourth-order valence-electron chi connectivity index (χ4n) is 3.25. The number of carbonyl (C=O) groups excluding carboxylic acids is 1. The zero-order valence-corrected chi connectivity index (χ0v) is 11.3. The molecule has 3 N–H and O–H groups in total. The molecule has 0 aromatic carbocycles. The van der Waals surface area contributed by atoms with Crippen molar-refractivity contribution in [3.05, 3.63) is 0 Å². The number of hydrogen-bond acceptors (Lipinski definition) is 3. The zero-order valence-electron chi connectivity index (χ0n) is 11.3. The maximum absolute atomic E-state index is 11.9. The third kappa shape index (κ3) is 3.95. The smallest absolute Gasteiger partial charge is 0.220 e. The second-order valence-electron chi connectivity index (χ2n) is 6.13. The summed E-state index contributed by atoms with van der Waals surface area (Å²) >= 11 is 0. The lowest BCUT2D eigenvalue weighted by Crippen LogP contribution is -2.35. The third-order valence-corrected chi connectivity index (χ3v) is 4.38. The normalized spacial score (nSPS) is 36.6. The number of β-amino-alcohol motifs (C(OH)–C–C–N with tert-alkyl or cyclic N) is 1. The van der Waals surface area contributed by atoms with E-state index in [1.165, 1.54) is 25.7 Å². The highest BCUT2D eigenvalue weighted by Gasteiger charge is 2.26. The Morgan fingerprint density at radius 3 is 2.89 bits per heavy atom. The maximum atomic E-state index is 11.9. The predicted octanol–water partition coefficient (Wildman–Crippen LogP) is 0.899. The predicted molar refractivity (Wildman–Crippen MR) is 71.1 cm³/mol. The van der Waals surface area contributed by atoms with Gasteiger partial charge in [-0.05, 0) is 24.7 Å². The monoisotopic (exact) mass is 254 g/mol. The van der Waals surface area contributed by atoms with Crippen molar-refractivity contribution in [1.29, 1.82) is 0 Å². The summed E-state index contributed by atoms with van der Waals surface area (Å²) in [7, 11) is 0. The zero-order chi connectivity index (χ0) is 13.0. The molecule has 4 unspecified atom stereocenters. The molecule has 1 aliphatic carbocycles. The van der Waals surface area contributed by atoms with Gasteiger partial charge in [0, 0.05) is 32.0 Å². The molecule has 1 amide bonds. The summed E-state index contributed by atoms with van der Waals surface area (Å²) in [5.74, 6) is 1.69. The summed E-state index contributed by atoms with van der Waals surface area (Å²) in [5.41, 5.74) is 0. The SMILES string of the molecule is CC1CCCC(CC(=O)NCC2CNCC2O)C1. The quantitative estimate of drug-likeness (QED) is 0.698. The molecule has 1 saturated carbocycles. The molecular formula is C14H26N2O2. The van der Waals surface area contributed by atoms with Crippen LogP contribution in [0.2, 0.25) is 0 Å². The number of nitrogens with one attached hydrogen (secondary N) is 2. The maximum Gasteiger partial charge on any atom is 0.220 e. The Morgan fingerprint density at radius 2 is 2.22 bits per heavy atom. The van der Waals surface area contributed by atoms with Crippen LogP contribution in [0.4, 0.5) is 0 Å². The second-order valence-corrected chi connectivity index (χ2v) is 6.13. The van der Waals surface area contributed by atoms with E-state index in [9.17, 15) is 9.90 Å². The molecular weight excluding hydrogens is 228 g/mol. The van der Waals surface area contributed by atoms with E-state index in [-0.39, 0.29) is 17.9 Å². The molecule has 2 rings (SSSR count). The van der Waals surface area contributed by atoms with Gasteiger partial charge in [0.1, 0.15) is 0 Å². The molecule has 4 nitrogen and oxygen atoms in total. The highest BCUT2D eigenvalue weighted by molar-refractivity contribution is 5.76. The van der Waals surface area contributed by atoms with Gasteiger partial charge in [0.05, 0.1) is 6.10 Å². The molecule has 104 valence electrons. The Labute approximate surface area is 110 Å². The molecule has 1 aliphatic heterocycles. The van der Waals surface area contributed by atoms with Gasteiger partial charge in [-0.2, -0.15) is 0 Å². The number of hydrogen-bond donors (Lipinski definition) is 3. The van der Waals surface area contributed by atoms with Crippen LogP contribution in [-0.2, 0) is 4.79 Å². The van der Waals surface area contributed by atoms with Crippen molar-refractivity contribution < 1.29 is 9.90 Å². The topological polar surface area (TPSA) is 61.4 Å². The van der Waals surface area contributed by atoms with Gasteiger partial charge in [0.15, 0.2) is 0 Å². The first-order valence-corrected chi connectivity index (χ1v) is 7.30. The molecule has 0 radical (unpaired) electrons. The average molecular weight is 254 g/mol. The lowest BCUT2D eigenvalue weighted by Gasteiger charge is -2.26. The minimum Gasteiger partial charge on any atom is -0.391 e. The molecule has 0 aromatic rings. The molecule has 0 spiro atoms. The molecule has 2 fully saturated rings. The Hall–Kier alpha value is -0.610. The molecule has 4 heteroatoms. The molecule has 18 heavy (non-hydrogen) atoms. The highest BCUT2D eigenvalue weighted by atomic mass is 16.3. The summed E-state index contributed by atoms with van der Waals surface area (Å²) in [6.45, 7) is 4.35. The van der Waals surface area contributed by atoms with Gasteiger partial charge >= 0.3 is 0 Å². The van der Waals surface area contributed by atoms with E-state index in [2.05, 4.69) is 17.6 Å². The van der Waals surface area contributed by atoms with Crippen molar-refractivity contribution in [2.75, 3.05) is 19.6 Å². The molecule has 1 heterocycles. The summed E-state index contributed by atoms with van der Waals surface area (Å²) in [6, 6.07) is 0. The highest BCUT2D eigenvalue weighted by Crippen LogP contribution is 2.30. The summed E-state index contributed by atoms with van der Waals surface area (Å²) < 4.78 is 0. The molecule has 2 aliphatic rings. The Balaban J connectivity index is 1.65. The fourth-order valence-corrected chi connectivity index (χ4v) is 3.25. The molecule has 1 saturated heterocycles.